The largest absolute Gasteiger partial charge is 0.325 e. The maximum absolute atomic E-state index is 12.3. The van der Waals surface area contributed by atoms with Gasteiger partial charge in [0, 0.05) is 11.4 Å². The van der Waals surface area contributed by atoms with Crippen molar-refractivity contribution in [1.82, 2.24) is 30.8 Å². The summed E-state index contributed by atoms with van der Waals surface area (Å²) >= 11 is 1.53. The van der Waals surface area contributed by atoms with E-state index in [9.17, 15) is 14.4 Å². The van der Waals surface area contributed by atoms with Crippen LogP contribution in [0.1, 0.15) is 12.0 Å². The first-order chi connectivity index (χ1) is 13.6. The predicted molar refractivity (Wildman–Crippen MR) is 101 cm³/mol. The molecule has 1 saturated heterocycles. The van der Waals surface area contributed by atoms with Crippen molar-refractivity contribution in [2.45, 2.75) is 23.2 Å². The normalized spacial score (nSPS) is 16.5. The lowest BCUT2D eigenvalue weighted by Gasteiger charge is -2.22. The SMILES string of the molecule is O=C1CC(C(=O)Nc2cccc(CSc3ncnc4[nH]ncc34)c2)NC(=O)N1. The number of fused-ring (bicyclic) bond motifs is 1. The van der Waals surface area contributed by atoms with Crippen LogP contribution < -0.4 is 16.0 Å². The van der Waals surface area contributed by atoms with Crippen molar-refractivity contribution in [2.75, 3.05) is 5.32 Å². The highest BCUT2D eigenvalue weighted by molar-refractivity contribution is 7.98. The number of aromatic amines is 1. The first-order valence-electron chi connectivity index (χ1n) is 8.35. The molecule has 142 valence electrons. The van der Waals surface area contributed by atoms with Crippen LogP contribution in [0, 0.1) is 0 Å². The van der Waals surface area contributed by atoms with Crippen LogP contribution in [-0.2, 0) is 15.3 Å². The Kier molecular flexibility index (Phi) is 4.89. The van der Waals surface area contributed by atoms with Crippen LogP contribution in [0.2, 0.25) is 0 Å². The van der Waals surface area contributed by atoms with E-state index in [0.717, 1.165) is 16.0 Å². The summed E-state index contributed by atoms with van der Waals surface area (Å²) in [5, 5.41) is 15.7. The number of anilines is 1. The van der Waals surface area contributed by atoms with Crippen molar-refractivity contribution in [3.8, 4) is 0 Å². The lowest BCUT2D eigenvalue weighted by atomic mass is 10.1. The van der Waals surface area contributed by atoms with Gasteiger partial charge in [-0.25, -0.2) is 14.8 Å². The van der Waals surface area contributed by atoms with Gasteiger partial charge in [-0.2, -0.15) is 5.10 Å². The molecule has 0 radical (unpaired) electrons. The zero-order valence-electron chi connectivity index (χ0n) is 14.4. The fourth-order valence-corrected chi connectivity index (χ4v) is 3.65. The van der Waals surface area contributed by atoms with Crippen LogP contribution in [0.4, 0.5) is 10.5 Å². The van der Waals surface area contributed by atoms with E-state index in [1.807, 2.05) is 18.2 Å². The Morgan fingerprint density at radius 1 is 1.29 bits per heavy atom. The number of H-pyrrole nitrogens is 1. The van der Waals surface area contributed by atoms with E-state index in [4.69, 9.17) is 0 Å². The summed E-state index contributed by atoms with van der Waals surface area (Å²) in [7, 11) is 0. The molecule has 1 atom stereocenters. The third-order valence-electron chi connectivity index (χ3n) is 4.05. The molecule has 4 N–H and O–H groups in total. The van der Waals surface area contributed by atoms with E-state index >= 15 is 0 Å². The lowest BCUT2D eigenvalue weighted by Crippen LogP contribution is -2.56. The van der Waals surface area contributed by atoms with Gasteiger partial charge in [-0.05, 0) is 17.7 Å². The highest BCUT2D eigenvalue weighted by atomic mass is 32.2. The third kappa shape index (κ3) is 3.93. The number of amides is 4. The molecule has 4 amide bonds. The summed E-state index contributed by atoms with van der Waals surface area (Å²) in [6, 6.07) is 5.78. The molecule has 28 heavy (non-hydrogen) atoms. The predicted octanol–water partition coefficient (Wildman–Crippen LogP) is 1.18. The first-order valence-corrected chi connectivity index (χ1v) is 9.34. The Morgan fingerprint density at radius 2 is 2.18 bits per heavy atom. The number of imide groups is 1. The van der Waals surface area contributed by atoms with Gasteiger partial charge in [-0.1, -0.05) is 12.1 Å². The molecular weight excluding hydrogens is 382 g/mol. The topological polar surface area (TPSA) is 142 Å². The number of thioether (sulfide) groups is 1. The highest BCUT2D eigenvalue weighted by Crippen LogP contribution is 2.27. The van der Waals surface area contributed by atoms with Crippen LogP contribution in [0.3, 0.4) is 0 Å². The maximum atomic E-state index is 12.3. The van der Waals surface area contributed by atoms with Crippen molar-refractivity contribution < 1.29 is 14.4 Å². The average Bonchev–Trinajstić information content (AvgIpc) is 3.15. The van der Waals surface area contributed by atoms with E-state index in [0.29, 0.717) is 17.1 Å². The minimum atomic E-state index is -0.894. The van der Waals surface area contributed by atoms with Crippen LogP contribution in [0.5, 0.6) is 0 Å². The van der Waals surface area contributed by atoms with Gasteiger partial charge in [0.25, 0.3) is 0 Å². The van der Waals surface area contributed by atoms with Crippen molar-refractivity contribution in [3.63, 3.8) is 0 Å². The number of carbonyl (C=O) groups is 3. The Labute approximate surface area is 162 Å². The second kappa shape index (κ2) is 7.64. The third-order valence-corrected chi connectivity index (χ3v) is 5.12. The molecule has 1 aromatic carbocycles. The smallest absolute Gasteiger partial charge is 0.322 e. The second-order valence-electron chi connectivity index (χ2n) is 6.07. The number of hydrogen-bond acceptors (Lipinski definition) is 7. The molecule has 1 unspecified atom stereocenters. The van der Waals surface area contributed by atoms with Crippen LogP contribution in [0.25, 0.3) is 11.0 Å². The molecule has 1 aliphatic heterocycles. The van der Waals surface area contributed by atoms with E-state index < -0.39 is 23.9 Å². The Balaban J connectivity index is 1.41. The van der Waals surface area contributed by atoms with Gasteiger partial charge in [0.1, 0.15) is 17.4 Å². The molecule has 3 aromatic rings. The molecule has 0 spiro atoms. The summed E-state index contributed by atoms with van der Waals surface area (Å²) < 4.78 is 0. The summed E-state index contributed by atoms with van der Waals surface area (Å²) in [6.45, 7) is 0. The van der Waals surface area contributed by atoms with Gasteiger partial charge < -0.3 is 10.6 Å². The number of aromatic nitrogens is 4. The van der Waals surface area contributed by atoms with Gasteiger partial charge in [0.05, 0.1) is 18.0 Å². The minimum absolute atomic E-state index is 0.0957. The average molecular weight is 397 g/mol. The van der Waals surface area contributed by atoms with Gasteiger partial charge in [-0.15, -0.1) is 11.8 Å². The molecule has 0 saturated carbocycles. The molecular formula is C17H15N7O3S. The number of rotatable bonds is 5. The van der Waals surface area contributed by atoms with Crippen LogP contribution >= 0.6 is 11.8 Å². The van der Waals surface area contributed by atoms with E-state index in [1.54, 1.807) is 12.3 Å². The van der Waals surface area contributed by atoms with E-state index in [-0.39, 0.29) is 6.42 Å². The summed E-state index contributed by atoms with van der Waals surface area (Å²) in [5.74, 6) is -0.294. The number of carbonyl (C=O) groups excluding carboxylic acids is 3. The van der Waals surface area contributed by atoms with E-state index in [1.165, 1.54) is 18.1 Å². The fourth-order valence-electron chi connectivity index (χ4n) is 2.74. The Hall–Kier alpha value is -3.47. The van der Waals surface area contributed by atoms with Gasteiger partial charge >= 0.3 is 6.03 Å². The number of urea groups is 1. The lowest BCUT2D eigenvalue weighted by molar-refractivity contribution is -0.126. The van der Waals surface area contributed by atoms with Crippen LogP contribution in [-0.4, -0.2) is 44.1 Å². The van der Waals surface area contributed by atoms with Gasteiger partial charge in [0.2, 0.25) is 11.8 Å². The monoisotopic (exact) mass is 397 g/mol. The molecule has 4 rings (SSSR count). The van der Waals surface area contributed by atoms with Gasteiger partial charge in [0.15, 0.2) is 5.65 Å². The first kappa shape index (κ1) is 17.9. The summed E-state index contributed by atoms with van der Waals surface area (Å²) in [6.07, 6.45) is 3.07. The van der Waals surface area contributed by atoms with Gasteiger partial charge in [-0.3, -0.25) is 20.0 Å². The molecule has 10 nitrogen and oxygen atoms in total. The number of nitrogens with one attached hydrogen (secondary N) is 4. The zero-order valence-corrected chi connectivity index (χ0v) is 15.2. The molecule has 1 fully saturated rings. The number of nitrogens with zero attached hydrogens (tertiary/aromatic N) is 3. The Morgan fingerprint density at radius 3 is 3.04 bits per heavy atom. The molecule has 2 aromatic heterocycles. The zero-order chi connectivity index (χ0) is 19.5. The van der Waals surface area contributed by atoms with Crippen molar-refractivity contribution in [3.05, 3.63) is 42.4 Å². The number of hydrogen-bond donors (Lipinski definition) is 4. The molecule has 1 aliphatic rings. The van der Waals surface area contributed by atoms with Crippen molar-refractivity contribution in [1.29, 1.82) is 0 Å². The molecule has 3 heterocycles. The molecule has 11 heteroatoms. The van der Waals surface area contributed by atoms with Crippen molar-refractivity contribution >= 4 is 46.3 Å². The number of benzene rings is 1. The second-order valence-corrected chi connectivity index (χ2v) is 7.03. The summed E-state index contributed by atoms with van der Waals surface area (Å²) in [4.78, 5) is 43.5. The maximum Gasteiger partial charge on any atom is 0.322 e. The van der Waals surface area contributed by atoms with E-state index in [2.05, 4.69) is 36.1 Å². The highest BCUT2D eigenvalue weighted by Gasteiger charge is 2.29. The Bertz CT molecular complexity index is 1050. The minimum Gasteiger partial charge on any atom is -0.325 e. The molecule has 0 aliphatic carbocycles. The van der Waals surface area contributed by atoms with Crippen LogP contribution in [0.15, 0.2) is 41.8 Å². The summed E-state index contributed by atoms with van der Waals surface area (Å²) in [5.41, 5.74) is 2.24. The fraction of sp³-hybridized carbons (Fsp3) is 0.176. The standard InChI is InChI=1S/C17H15N7O3S/c25-13-5-12(22-17(27)23-13)15(26)21-10-3-1-2-9(4-10)7-28-16-11-6-20-24-14(11)18-8-19-16/h1-4,6,8,12H,5,7H2,(H,21,26)(H,18,19,20,24)(H2,22,23,25,27). The molecule has 0 bridgehead atoms. The van der Waals surface area contributed by atoms with Crippen molar-refractivity contribution in [2.24, 2.45) is 0 Å². The quantitative estimate of drug-likeness (QED) is 0.374.